The van der Waals surface area contributed by atoms with E-state index in [0.29, 0.717) is 10.0 Å². The van der Waals surface area contributed by atoms with Gasteiger partial charge in [0.05, 0.1) is 21.9 Å². The lowest BCUT2D eigenvalue weighted by Crippen LogP contribution is -2.09. The van der Waals surface area contributed by atoms with Crippen molar-refractivity contribution in [1.29, 1.82) is 5.26 Å². The third kappa shape index (κ3) is 3.45. The summed E-state index contributed by atoms with van der Waals surface area (Å²) in [4.78, 5) is 10.1. The summed E-state index contributed by atoms with van der Waals surface area (Å²) in [7, 11) is 0. The molecule has 1 aromatic carbocycles. The number of nitro groups is 1. The van der Waals surface area contributed by atoms with E-state index in [9.17, 15) is 10.1 Å². The van der Waals surface area contributed by atoms with Crippen LogP contribution in [0.2, 0.25) is 0 Å². The molecule has 7 heteroatoms. The lowest BCUT2D eigenvalue weighted by Gasteiger charge is -2.07. The van der Waals surface area contributed by atoms with E-state index in [1.165, 1.54) is 6.07 Å². The van der Waals surface area contributed by atoms with E-state index >= 15 is 0 Å². The average Bonchev–Trinajstić information content (AvgIpc) is 2.18. The first-order valence-electron chi connectivity index (χ1n) is 4.12. The van der Waals surface area contributed by atoms with Crippen LogP contribution in [0.1, 0.15) is 18.0 Å². The molecule has 0 saturated heterocycles. The summed E-state index contributed by atoms with van der Waals surface area (Å²) in [6.07, 6.45) is 0.138. The fourth-order valence-electron chi connectivity index (χ4n) is 1.12. The third-order valence-electron chi connectivity index (χ3n) is 1.91. The first-order chi connectivity index (χ1) is 7.06. The van der Waals surface area contributed by atoms with Gasteiger partial charge in [0.1, 0.15) is 0 Å². The second kappa shape index (κ2) is 6.43. The van der Waals surface area contributed by atoms with Crippen molar-refractivity contribution in [2.45, 2.75) is 12.5 Å². The molecule has 0 aliphatic heterocycles. The molecule has 1 rings (SSSR count). The maximum Gasteiger partial charge on any atom is 0.283 e. The Balaban J connectivity index is 0.00000225. The van der Waals surface area contributed by atoms with E-state index in [4.69, 9.17) is 11.0 Å². The number of nitriles is 1. The van der Waals surface area contributed by atoms with Gasteiger partial charge in [-0.15, -0.1) is 12.4 Å². The molecule has 0 unspecified atom stereocenters. The van der Waals surface area contributed by atoms with Crippen molar-refractivity contribution in [3.8, 4) is 6.07 Å². The van der Waals surface area contributed by atoms with E-state index in [0.717, 1.165) is 0 Å². The molecule has 0 saturated carbocycles. The van der Waals surface area contributed by atoms with Crippen molar-refractivity contribution in [2.24, 2.45) is 5.73 Å². The molecule has 0 aromatic heterocycles. The molecule has 0 spiro atoms. The largest absolute Gasteiger partial charge is 0.323 e. The zero-order chi connectivity index (χ0) is 11.4. The number of nitrogens with two attached hydrogens (primary N) is 1. The van der Waals surface area contributed by atoms with E-state index in [2.05, 4.69) is 15.9 Å². The number of nitro benzene ring substituents is 1. The lowest BCUT2D eigenvalue weighted by molar-refractivity contribution is -0.385. The minimum atomic E-state index is -0.493. The number of nitrogens with zero attached hydrogens (tertiary/aromatic N) is 2. The lowest BCUT2D eigenvalue weighted by atomic mass is 10.1. The van der Waals surface area contributed by atoms with Crippen LogP contribution in [0.25, 0.3) is 0 Å². The first-order valence-corrected chi connectivity index (χ1v) is 4.92. The van der Waals surface area contributed by atoms with Crippen molar-refractivity contribution >= 4 is 34.0 Å². The topological polar surface area (TPSA) is 93.0 Å². The zero-order valence-corrected chi connectivity index (χ0v) is 10.5. The standard InChI is InChI=1S/C9H8BrN3O2.ClH/c10-7-2-1-6(8(12)3-4-11)5-9(7)13(14)15;/h1-2,5,8H,3,12H2;1H/t8-;/m1./s1. The maximum atomic E-state index is 10.6. The van der Waals surface area contributed by atoms with Gasteiger partial charge in [0.25, 0.3) is 5.69 Å². The molecular weight excluding hydrogens is 297 g/mol. The summed E-state index contributed by atoms with van der Waals surface area (Å²) in [6.45, 7) is 0. The highest BCUT2D eigenvalue weighted by atomic mass is 79.9. The molecule has 0 heterocycles. The quantitative estimate of drug-likeness (QED) is 0.686. The van der Waals surface area contributed by atoms with Gasteiger partial charge in [-0.05, 0) is 27.6 Å². The molecule has 0 amide bonds. The number of rotatable bonds is 3. The predicted molar refractivity (Wildman–Crippen MR) is 65.2 cm³/mol. The Bertz CT molecular complexity index is 433. The Kier molecular flexibility index (Phi) is 5.96. The molecule has 1 atom stereocenters. The van der Waals surface area contributed by atoms with Gasteiger partial charge in [-0.1, -0.05) is 6.07 Å². The predicted octanol–water partition coefficient (Wildman–Crippen LogP) is 2.69. The van der Waals surface area contributed by atoms with Gasteiger partial charge >= 0.3 is 0 Å². The summed E-state index contributed by atoms with van der Waals surface area (Å²) in [5.74, 6) is 0. The van der Waals surface area contributed by atoms with Crippen molar-refractivity contribution in [2.75, 3.05) is 0 Å². The molecule has 1 aromatic rings. The fraction of sp³-hybridized carbons (Fsp3) is 0.222. The van der Waals surface area contributed by atoms with E-state index < -0.39 is 11.0 Å². The number of hydrogen-bond donors (Lipinski definition) is 1. The monoisotopic (exact) mass is 305 g/mol. The van der Waals surface area contributed by atoms with Crippen LogP contribution in [-0.2, 0) is 0 Å². The summed E-state index contributed by atoms with van der Waals surface area (Å²) >= 11 is 3.07. The van der Waals surface area contributed by atoms with Crippen molar-refractivity contribution in [1.82, 2.24) is 0 Å². The summed E-state index contributed by atoms with van der Waals surface area (Å²) in [5, 5.41) is 19.1. The highest BCUT2D eigenvalue weighted by Gasteiger charge is 2.15. The fourth-order valence-corrected chi connectivity index (χ4v) is 1.51. The Morgan fingerprint density at radius 3 is 2.75 bits per heavy atom. The van der Waals surface area contributed by atoms with E-state index in [-0.39, 0.29) is 24.5 Å². The van der Waals surface area contributed by atoms with Gasteiger partial charge < -0.3 is 5.73 Å². The smallest absolute Gasteiger partial charge is 0.283 e. The zero-order valence-electron chi connectivity index (χ0n) is 8.09. The highest BCUT2D eigenvalue weighted by molar-refractivity contribution is 9.10. The second-order valence-corrected chi connectivity index (χ2v) is 3.79. The Labute approximate surface area is 107 Å². The minimum absolute atomic E-state index is 0. The van der Waals surface area contributed by atoms with Gasteiger partial charge in [-0.3, -0.25) is 10.1 Å². The van der Waals surface area contributed by atoms with Gasteiger partial charge in [-0.2, -0.15) is 5.26 Å². The van der Waals surface area contributed by atoms with Gasteiger partial charge in [-0.25, -0.2) is 0 Å². The minimum Gasteiger partial charge on any atom is -0.323 e. The SMILES string of the molecule is Cl.N#CC[C@@H](N)c1ccc(Br)c([N+](=O)[O-])c1. The number of benzene rings is 1. The number of halogens is 2. The van der Waals surface area contributed by atoms with Crippen molar-refractivity contribution < 1.29 is 4.92 Å². The second-order valence-electron chi connectivity index (χ2n) is 2.94. The molecule has 2 N–H and O–H groups in total. The molecule has 16 heavy (non-hydrogen) atoms. The highest BCUT2D eigenvalue weighted by Crippen LogP contribution is 2.28. The van der Waals surface area contributed by atoms with Crippen LogP contribution in [0, 0.1) is 21.4 Å². The van der Waals surface area contributed by atoms with E-state index in [1.807, 2.05) is 6.07 Å². The summed E-state index contributed by atoms with van der Waals surface area (Å²) in [5.41, 5.74) is 6.21. The Morgan fingerprint density at radius 1 is 1.62 bits per heavy atom. The van der Waals surface area contributed by atoms with Crippen LogP contribution < -0.4 is 5.73 Å². The first kappa shape index (κ1) is 14.8. The van der Waals surface area contributed by atoms with E-state index in [1.54, 1.807) is 12.1 Å². The van der Waals surface area contributed by atoms with Crippen LogP contribution in [0.4, 0.5) is 5.69 Å². The van der Waals surface area contributed by atoms with Crippen LogP contribution in [0.3, 0.4) is 0 Å². The molecule has 86 valence electrons. The normalized spacial score (nSPS) is 11.1. The Hall–Kier alpha value is -1.16. The maximum absolute atomic E-state index is 10.6. The molecule has 0 bridgehead atoms. The molecular formula is C9H9BrClN3O2. The van der Waals surface area contributed by atoms with Crippen molar-refractivity contribution in [3.05, 3.63) is 38.3 Å². The third-order valence-corrected chi connectivity index (χ3v) is 2.58. The molecule has 0 aliphatic carbocycles. The van der Waals surface area contributed by atoms with Gasteiger partial charge in [0.2, 0.25) is 0 Å². The van der Waals surface area contributed by atoms with Crippen LogP contribution in [-0.4, -0.2) is 4.92 Å². The van der Waals surface area contributed by atoms with Crippen LogP contribution in [0.5, 0.6) is 0 Å². The summed E-state index contributed by atoms with van der Waals surface area (Å²) < 4.78 is 0.403. The molecule has 5 nitrogen and oxygen atoms in total. The molecule has 0 aliphatic rings. The average molecular weight is 307 g/mol. The Morgan fingerprint density at radius 2 is 2.25 bits per heavy atom. The van der Waals surface area contributed by atoms with Crippen molar-refractivity contribution in [3.63, 3.8) is 0 Å². The van der Waals surface area contributed by atoms with Crippen LogP contribution in [0.15, 0.2) is 22.7 Å². The summed E-state index contributed by atoms with van der Waals surface area (Å²) in [6, 6.07) is 6.05. The number of hydrogen-bond acceptors (Lipinski definition) is 4. The molecule has 0 fully saturated rings. The van der Waals surface area contributed by atoms with Crippen LogP contribution >= 0.6 is 28.3 Å². The molecule has 0 radical (unpaired) electrons. The van der Waals surface area contributed by atoms with Gasteiger partial charge in [0.15, 0.2) is 0 Å². The van der Waals surface area contributed by atoms with Gasteiger partial charge in [0, 0.05) is 12.1 Å².